The van der Waals surface area contributed by atoms with Crippen LogP contribution in [0.15, 0.2) is 42.0 Å². The fourth-order valence-electron chi connectivity index (χ4n) is 2.68. The highest BCUT2D eigenvalue weighted by atomic mass is 16.5. The van der Waals surface area contributed by atoms with E-state index in [0.29, 0.717) is 34.6 Å². The van der Waals surface area contributed by atoms with Crippen LogP contribution in [0.5, 0.6) is 17.2 Å². The van der Waals surface area contributed by atoms with Gasteiger partial charge in [0.1, 0.15) is 5.75 Å². The monoisotopic (exact) mass is 296 g/mol. The number of hydrogen-bond acceptors (Lipinski definition) is 4. The maximum atomic E-state index is 12.4. The second-order valence-electron chi connectivity index (χ2n) is 5.09. The summed E-state index contributed by atoms with van der Waals surface area (Å²) in [5, 5.41) is 9.87. The number of carbonyl (C=O) groups excluding carboxylic acids is 1. The molecule has 0 saturated carbocycles. The molecule has 22 heavy (non-hydrogen) atoms. The lowest BCUT2D eigenvalue weighted by atomic mass is 10.1. The minimum absolute atomic E-state index is 0.0410. The zero-order valence-electron chi connectivity index (χ0n) is 12.4. The summed E-state index contributed by atoms with van der Waals surface area (Å²) >= 11 is 0. The van der Waals surface area contributed by atoms with Gasteiger partial charge in [-0.15, -0.1) is 0 Å². The number of phenolic OH excluding ortho intramolecular Hbond substituents is 1. The summed E-state index contributed by atoms with van der Waals surface area (Å²) in [6, 6.07) is 10.5. The fourth-order valence-corrected chi connectivity index (χ4v) is 2.68. The molecule has 4 nitrogen and oxygen atoms in total. The standard InChI is InChI=1S/C18H16O4/c1-21-16-7-6-11(9-17(16)22-2)8-12-10-14-13(18(12)20)4-3-5-15(14)19/h3-9,19H,10H2,1-2H3/b12-8-. The SMILES string of the molecule is COc1ccc(/C=C2/Cc3c(O)cccc3C2=O)cc1OC. The molecule has 1 N–H and O–H groups in total. The van der Waals surface area contributed by atoms with Crippen LogP contribution in [0.3, 0.4) is 0 Å². The Labute approximate surface area is 128 Å². The van der Waals surface area contributed by atoms with E-state index in [1.807, 2.05) is 18.2 Å². The Bertz CT molecular complexity index is 775. The second kappa shape index (κ2) is 5.56. The van der Waals surface area contributed by atoms with Gasteiger partial charge in [-0.1, -0.05) is 18.2 Å². The van der Waals surface area contributed by atoms with Crippen molar-refractivity contribution in [3.05, 3.63) is 58.7 Å². The highest BCUT2D eigenvalue weighted by molar-refractivity contribution is 6.16. The number of aromatic hydroxyl groups is 1. The minimum atomic E-state index is -0.0410. The van der Waals surface area contributed by atoms with E-state index >= 15 is 0 Å². The van der Waals surface area contributed by atoms with Gasteiger partial charge >= 0.3 is 0 Å². The first-order valence-corrected chi connectivity index (χ1v) is 6.92. The Kier molecular flexibility index (Phi) is 3.59. The number of ether oxygens (including phenoxy) is 2. The number of Topliss-reactive ketones (excluding diaryl/α,β-unsaturated/α-hetero) is 1. The molecule has 1 aliphatic rings. The maximum Gasteiger partial charge on any atom is 0.189 e. The van der Waals surface area contributed by atoms with Crippen LogP contribution in [0.25, 0.3) is 6.08 Å². The van der Waals surface area contributed by atoms with Crippen molar-refractivity contribution in [3.63, 3.8) is 0 Å². The molecule has 112 valence electrons. The summed E-state index contributed by atoms with van der Waals surface area (Å²) in [4.78, 5) is 12.4. The summed E-state index contributed by atoms with van der Waals surface area (Å²) < 4.78 is 10.5. The number of rotatable bonds is 3. The van der Waals surface area contributed by atoms with Crippen molar-refractivity contribution in [3.8, 4) is 17.2 Å². The number of carbonyl (C=O) groups is 1. The van der Waals surface area contributed by atoms with Gasteiger partial charge in [0.2, 0.25) is 0 Å². The number of methoxy groups -OCH3 is 2. The van der Waals surface area contributed by atoms with Gasteiger partial charge in [-0.25, -0.2) is 0 Å². The molecule has 3 rings (SSSR count). The van der Waals surface area contributed by atoms with Crippen molar-refractivity contribution >= 4 is 11.9 Å². The molecule has 0 heterocycles. The molecule has 0 unspecified atom stereocenters. The summed E-state index contributed by atoms with van der Waals surface area (Å²) in [5.41, 5.74) is 2.78. The minimum Gasteiger partial charge on any atom is -0.508 e. The molecular formula is C18H16O4. The van der Waals surface area contributed by atoms with E-state index in [9.17, 15) is 9.90 Å². The third-order valence-corrected chi connectivity index (χ3v) is 3.80. The van der Waals surface area contributed by atoms with Crippen molar-refractivity contribution in [2.45, 2.75) is 6.42 Å². The molecule has 0 amide bonds. The van der Waals surface area contributed by atoms with E-state index in [2.05, 4.69) is 0 Å². The van der Waals surface area contributed by atoms with Crippen molar-refractivity contribution < 1.29 is 19.4 Å². The van der Waals surface area contributed by atoms with Gasteiger partial charge in [0.25, 0.3) is 0 Å². The number of ketones is 1. The van der Waals surface area contributed by atoms with Crippen LogP contribution < -0.4 is 9.47 Å². The molecule has 0 radical (unpaired) electrons. The molecule has 0 aromatic heterocycles. The lowest BCUT2D eigenvalue weighted by molar-refractivity contribution is 0.104. The summed E-state index contributed by atoms with van der Waals surface area (Å²) in [6.07, 6.45) is 2.26. The smallest absolute Gasteiger partial charge is 0.189 e. The molecule has 1 aliphatic carbocycles. The van der Waals surface area contributed by atoms with E-state index in [1.54, 1.807) is 38.5 Å². The van der Waals surface area contributed by atoms with E-state index < -0.39 is 0 Å². The zero-order chi connectivity index (χ0) is 15.7. The quantitative estimate of drug-likeness (QED) is 0.884. The largest absolute Gasteiger partial charge is 0.508 e. The second-order valence-corrected chi connectivity index (χ2v) is 5.09. The average molecular weight is 296 g/mol. The van der Waals surface area contributed by atoms with Gasteiger partial charge in [-0.2, -0.15) is 0 Å². The zero-order valence-corrected chi connectivity index (χ0v) is 12.4. The van der Waals surface area contributed by atoms with Crippen molar-refractivity contribution in [2.24, 2.45) is 0 Å². The third-order valence-electron chi connectivity index (χ3n) is 3.80. The van der Waals surface area contributed by atoms with Crippen LogP contribution in [0.1, 0.15) is 21.5 Å². The van der Waals surface area contributed by atoms with Gasteiger partial charge in [0.15, 0.2) is 17.3 Å². The number of hydrogen-bond donors (Lipinski definition) is 1. The topological polar surface area (TPSA) is 55.8 Å². The summed E-state index contributed by atoms with van der Waals surface area (Å²) in [6.45, 7) is 0. The number of benzene rings is 2. The van der Waals surface area contributed by atoms with Crippen LogP contribution in [0.4, 0.5) is 0 Å². The lowest BCUT2D eigenvalue weighted by Gasteiger charge is -2.08. The van der Waals surface area contributed by atoms with Crippen LogP contribution in [-0.4, -0.2) is 25.1 Å². The molecule has 0 fully saturated rings. The highest BCUT2D eigenvalue weighted by Crippen LogP contribution is 2.34. The van der Waals surface area contributed by atoms with Gasteiger partial charge in [-0.05, 0) is 29.8 Å². The maximum absolute atomic E-state index is 12.4. The van der Waals surface area contributed by atoms with E-state index in [1.165, 1.54) is 0 Å². The first-order valence-electron chi connectivity index (χ1n) is 6.92. The van der Waals surface area contributed by atoms with Crippen molar-refractivity contribution in [2.75, 3.05) is 14.2 Å². The van der Waals surface area contributed by atoms with Gasteiger partial charge < -0.3 is 14.6 Å². The Morgan fingerprint density at radius 2 is 1.86 bits per heavy atom. The normalized spacial score (nSPS) is 15.0. The number of phenols is 1. The number of fused-ring (bicyclic) bond motifs is 1. The van der Waals surface area contributed by atoms with Gasteiger partial charge in [-0.3, -0.25) is 4.79 Å². The molecular weight excluding hydrogens is 280 g/mol. The van der Waals surface area contributed by atoms with E-state index in [-0.39, 0.29) is 11.5 Å². The van der Waals surface area contributed by atoms with E-state index in [4.69, 9.17) is 9.47 Å². The van der Waals surface area contributed by atoms with Crippen LogP contribution in [0, 0.1) is 0 Å². The number of allylic oxidation sites excluding steroid dienone is 1. The average Bonchev–Trinajstić information content (AvgIpc) is 2.85. The van der Waals surface area contributed by atoms with Crippen LogP contribution in [-0.2, 0) is 6.42 Å². The Morgan fingerprint density at radius 1 is 1.09 bits per heavy atom. The molecule has 0 spiro atoms. The van der Waals surface area contributed by atoms with Crippen molar-refractivity contribution in [1.82, 2.24) is 0 Å². The van der Waals surface area contributed by atoms with E-state index in [0.717, 1.165) is 5.56 Å². The molecule has 0 aliphatic heterocycles. The molecule has 0 atom stereocenters. The van der Waals surface area contributed by atoms with Crippen molar-refractivity contribution in [1.29, 1.82) is 0 Å². The van der Waals surface area contributed by atoms with Crippen LogP contribution >= 0.6 is 0 Å². The Balaban J connectivity index is 1.98. The molecule has 0 saturated heterocycles. The Morgan fingerprint density at radius 3 is 2.55 bits per heavy atom. The predicted molar refractivity (Wildman–Crippen MR) is 83.7 cm³/mol. The fraction of sp³-hybridized carbons (Fsp3) is 0.167. The molecule has 0 bridgehead atoms. The van der Waals surface area contributed by atoms with Gasteiger partial charge in [0.05, 0.1) is 14.2 Å². The summed E-state index contributed by atoms with van der Waals surface area (Å²) in [5.74, 6) is 1.38. The Hall–Kier alpha value is -2.75. The highest BCUT2D eigenvalue weighted by Gasteiger charge is 2.26. The van der Waals surface area contributed by atoms with Gasteiger partial charge in [0, 0.05) is 23.1 Å². The lowest BCUT2D eigenvalue weighted by Crippen LogP contribution is -1.95. The first kappa shape index (κ1) is 14.2. The molecule has 2 aromatic rings. The molecule has 4 heteroatoms. The third kappa shape index (κ3) is 2.33. The first-order chi connectivity index (χ1) is 10.6. The molecule has 2 aromatic carbocycles. The summed E-state index contributed by atoms with van der Waals surface area (Å²) in [7, 11) is 3.15. The van der Waals surface area contributed by atoms with Crippen LogP contribution in [0.2, 0.25) is 0 Å². The predicted octanol–water partition coefficient (Wildman–Crippen LogP) is 3.23.